The topological polar surface area (TPSA) is 9.23 Å². The van der Waals surface area contributed by atoms with Crippen molar-refractivity contribution in [2.75, 3.05) is 0 Å². The molecule has 0 aromatic heterocycles. The maximum absolute atomic E-state index is 5.82. The summed E-state index contributed by atoms with van der Waals surface area (Å²) < 4.78 is 8.08. The van der Waals surface area contributed by atoms with E-state index in [1.807, 2.05) is 48.5 Å². The molecule has 0 saturated carbocycles. The van der Waals surface area contributed by atoms with E-state index in [-0.39, 0.29) is 0 Å². The lowest BCUT2D eigenvalue weighted by molar-refractivity contribution is 0.476. The Bertz CT molecular complexity index is 434. The SMILES string of the molecule is Ic1cccc(I)c1Oc1ccccc1. The number of halogens is 2. The van der Waals surface area contributed by atoms with Crippen molar-refractivity contribution < 1.29 is 4.74 Å². The molecule has 1 nitrogen and oxygen atoms in total. The van der Waals surface area contributed by atoms with Crippen LogP contribution >= 0.6 is 45.2 Å². The zero-order valence-electron chi connectivity index (χ0n) is 7.78. The van der Waals surface area contributed by atoms with Crippen molar-refractivity contribution in [3.05, 3.63) is 55.7 Å². The second-order valence-electron chi connectivity index (χ2n) is 2.97. The van der Waals surface area contributed by atoms with Gasteiger partial charge in [0.2, 0.25) is 0 Å². The minimum absolute atomic E-state index is 0.875. The van der Waals surface area contributed by atoms with Crippen molar-refractivity contribution in [2.45, 2.75) is 0 Å². The first-order chi connectivity index (χ1) is 7.27. The highest BCUT2D eigenvalue weighted by atomic mass is 127. The number of hydrogen-bond donors (Lipinski definition) is 0. The lowest BCUT2D eigenvalue weighted by Gasteiger charge is -2.09. The van der Waals surface area contributed by atoms with E-state index >= 15 is 0 Å². The van der Waals surface area contributed by atoms with Crippen LogP contribution in [0.15, 0.2) is 48.5 Å². The van der Waals surface area contributed by atoms with Gasteiger partial charge in [0, 0.05) is 0 Å². The quantitative estimate of drug-likeness (QED) is 0.639. The predicted octanol–water partition coefficient (Wildman–Crippen LogP) is 4.69. The Morgan fingerprint density at radius 2 is 1.33 bits per heavy atom. The molecule has 0 heterocycles. The fourth-order valence-corrected chi connectivity index (χ4v) is 2.92. The Morgan fingerprint density at radius 1 is 0.733 bits per heavy atom. The van der Waals surface area contributed by atoms with Crippen LogP contribution in [0.25, 0.3) is 0 Å². The molecule has 2 aromatic carbocycles. The van der Waals surface area contributed by atoms with E-state index in [4.69, 9.17) is 4.74 Å². The van der Waals surface area contributed by atoms with Crippen LogP contribution in [0.2, 0.25) is 0 Å². The third-order valence-electron chi connectivity index (χ3n) is 1.88. The van der Waals surface area contributed by atoms with Crippen molar-refractivity contribution in [2.24, 2.45) is 0 Å². The molecule has 0 radical (unpaired) electrons. The zero-order chi connectivity index (χ0) is 10.7. The van der Waals surface area contributed by atoms with Crippen molar-refractivity contribution in [1.29, 1.82) is 0 Å². The molecular weight excluding hydrogens is 414 g/mol. The van der Waals surface area contributed by atoms with Gasteiger partial charge in [0.1, 0.15) is 5.75 Å². The van der Waals surface area contributed by atoms with Crippen molar-refractivity contribution >= 4 is 45.2 Å². The van der Waals surface area contributed by atoms with Gasteiger partial charge in [-0.05, 0) is 69.4 Å². The van der Waals surface area contributed by atoms with Crippen LogP contribution in [-0.2, 0) is 0 Å². The summed E-state index contributed by atoms with van der Waals surface area (Å²) in [6.07, 6.45) is 0. The summed E-state index contributed by atoms with van der Waals surface area (Å²) in [5.41, 5.74) is 0. The molecule has 0 fully saturated rings. The average molecular weight is 422 g/mol. The van der Waals surface area contributed by atoms with E-state index in [9.17, 15) is 0 Å². The second kappa shape index (κ2) is 5.16. The molecule has 0 bridgehead atoms. The lowest BCUT2D eigenvalue weighted by Crippen LogP contribution is -1.89. The minimum atomic E-state index is 0.875. The maximum Gasteiger partial charge on any atom is 0.154 e. The predicted molar refractivity (Wildman–Crippen MR) is 78.4 cm³/mol. The standard InChI is InChI=1S/C12H8I2O/c13-10-7-4-8-11(14)12(10)15-9-5-2-1-3-6-9/h1-8H. The highest BCUT2D eigenvalue weighted by molar-refractivity contribution is 14.1. The fourth-order valence-electron chi connectivity index (χ4n) is 1.19. The van der Waals surface area contributed by atoms with Crippen LogP contribution < -0.4 is 4.74 Å². The summed E-state index contributed by atoms with van der Waals surface area (Å²) in [5, 5.41) is 0. The summed E-state index contributed by atoms with van der Waals surface area (Å²) in [5.74, 6) is 1.81. The third-order valence-corrected chi connectivity index (χ3v) is 3.58. The van der Waals surface area contributed by atoms with Crippen LogP contribution in [0.3, 0.4) is 0 Å². The third kappa shape index (κ3) is 2.84. The molecule has 2 rings (SSSR count). The minimum Gasteiger partial charge on any atom is -0.455 e. The van der Waals surface area contributed by atoms with Gasteiger partial charge in [0.15, 0.2) is 5.75 Å². The maximum atomic E-state index is 5.82. The van der Waals surface area contributed by atoms with Gasteiger partial charge in [0.05, 0.1) is 7.14 Å². The van der Waals surface area contributed by atoms with E-state index in [1.54, 1.807) is 0 Å². The monoisotopic (exact) mass is 422 g/mol. The van der Waals surface area contributed by atoms with E-state index in [0.29, 0.717) is 0 Å². The van der Waals surface area contributed by atoms with Crippen molar-refractivity contribution in [3.8, 4) is 11.5 Å². The summed E-state index contributed by atoms with van der Waals surface area (Å²) in [6.45, 7) is 0. The van der Waals surface area contributed by atoms with Crippen LogP contribution in [0, 0.1) is 7.14 Å². The van der Waals surface area contributed by atoms with Gasteiger partial charge >= 0.3 is 0 Å². The fraction of sp³-hybridized carbons (Fsp3) is 0. The molecule has 0 spiro atoms. The number of benzene rings is 2. The molecule has 0 aliphatic rings. The molecule has 2 aromatic rings. The van der Waals surface area contributed by atoms with Gasteiger partial charge < -0.3 is 4.74 Å². The van der Waals surface area contributed by atoms with Crippen LogP contribution in [-0.4, -0.2) is 0 Å². The molecule has 3 heteroatoms. The molecule has 0 aliphatic heterocycles. The Kier molecular flexibility index (Phi) is 3.85. The zero-order valence-corrected chi connectivity index (χ0v) is 12.1. The number of para-hydroxylation sites is 2. The first-order valence-corrected chi connectivity index (χ1v) is 6.60. The number of hydrogen-bond acceptors (Lipinski definition) is 1. The van der Waals surface area contributed by atoms with E-state index < -0.39 is 0 Å². The summed E-state index contributed by atoms with van der Waals surface area (Å²) >= 11 is 4.57. The Morgan fingerprint density at radius 3 is 1.93 bits per heavy atom. The lowest BCUT2D eigenvalue weighted by atomic mass is 10.3. The molecule has 0 unspecified atom stereocenters. The molecule has 0 atom stereocenters. The molecule has 0 amide bonds. The van der Waals surface area contributed by atoms with Gasteiger partial charge in [-0.2, -0.15) is 0 Å². The van der Waals surface area contributed by atoms with Crippen molar-refractivity contribution in [3.63, 3.8) is 0 Å². The van der Waals surface area contributed by atoms with Gasteiger partial charge in [-0.1, -0.05) is 24.3 Å². The molecule has 0 aliphatic carbocycles. The summed E-state index contributed by atoms with van der Waals surface area (Å²) in [6, 6.07) is 15.9. The van der Waals surface area contributed by atoms with Crippen molar-refractivity contribution in [1.82, 2.24) is 0 Å². The summed E-state index contributed by atoms with van der Waals surface area (Å²) in [4.78, 5) is 0. The molecular formula is C12H8I2O. The first-order valence-electron chi connectivity index (χ1n) is 4.44. The molecule has 15 heavy (non-hydrogen) atoms. The van der Waals surface area contributed by atoms with Gasteiger partial charge in [-0.3, -0.25) is 0 Å². The Balaban J connectivity index is 2.32. The number of rotatable bonds is 2. The van der Waals surface area contributed by atoms with E-state index in [0.717, 1.165) is 18.6 Å². The Hall–Kier alpha value is -0.300. The van der Waals surface area contributed by atoms with Gasteiger partial charge in [0.25, 0.3) is 0 Å². The van der Waals surface area contributed by atoms with E-state index in [2.05, 4.69) is 45.2 Å². The molecule has 0 saturated heterocycles. The average Bonchev–Trinajstić information content (AvgIpc) is 2.25. The van der Waals surface area contributed by atoms with Crippen LogP contribution in [0.4, 0.5) is 0 Å². The summed E-state index contributed by atoms with van der Waals surface area (Å²) in [7, 11) is 0. The number of ether oxygens (including phenoxy) is 1. The second-order valence-corrected chi connectivity index (χ2v) is 5.29. The first kappa shape index (κ1) is 11.2. The van der Waals surface area contributed by atoms with Crippen LogP contribution in [0.1, 0.15) is 0 Å². The highest BCUT2D eigenvalue weighted by Gasteiger charge is 2.06. The Labute approximate surface area is 116 Å². The van der Waals surface area contributed by atoms with Crippen LogP contribution in [0.5, 0.6) is 11.5 Å². The largest absolute Gasteiger partial charge is 0.455 e. The van der Waals surface area contributed by atoms with Gasteiger partial charge in [-0.25, -0.2) is 0 Å². The molecule has 76 valence electrons. The smallest absolute Gasteiger partial charge is 0.154 e. The highest BCUT2D eigenvalue weighted by Crippen LogP contribution is 2.31. The van der Waals surface area contributed by atoms with Gasteiger partial charge in [-0.15, -0.1) is 0 Å². The van der Waals surface area contributed by atoms with E-state index in [1.165, 1.54) is 0 Å². The molecule has 0 N–H and O–H groups in total. The normalized spacial score (nSPS) is 10.0.